The highest BCUT2D eigenvalue weighted by Gasteiger charge is 2.76. The van der Waals surface area contributed by atoms with Gasteiger partial charge in [-0.15, -0.1) is 0 Å². The number of oxime groups is 1. The molecule has 1 amide bonds. The number of fused-ring (bicyclic) bond motifs is 2. The second-order valence-electron chi connectivity index (χ2n) is 7.56. The smallest absolute Gasteiger partial charge is 0.239 e. The van der Waals surface area contributed by atoms with E-state index in [1.807, 2.05) is 33.8 Å². The molecule has 1 aromatic rings. The molecule has 2 saturated carbocycles. The highest BCUT2D eigenvalue weighted by atomic mass is 35.5. The van der Waals surface area contributed by atoms with Gasteiger partial charge in [0.15, 0.2) is 5.78 Å². The monoisotopic (exact) mass is 348 g/mol. The van der Waals surface area contributed by atoms with Crippen LogP contribution in [0, 0.1) is 23.2 Å². The number of ketones is 1. The van der Waals surface area contributed by atoms with E-state index in [1.54, 1.807) is 12.1 Å². The standard InChI is InChI=1S/C18H21ClN2O3/c1-10-5-6-11(9-12(10)19)20-15(23)18-8-7-17(4,16(18,2)3)13(21-24)14(18)22/h5-6,9,24H,7-8H2,1-4H3,(H,20,23)/b21-13+. The first kappa shape index (κ1) is 17.0. The van der Waals surface area contributed by atoms with Crippen molar-refractivity contribution in [1.29, 1.82) is 0 Å². The molecule has 3 rings (SSSR count). The Hall–Kier alpha value is -1.88. The predicted octanol–water partition coefficient (Wildman–Crippen LogP) is 3.81. The lowest BCUT2D eigenvalue weighted by Crippen LogP contribution is -2.47. The number of rotatable bonds is 2. The lowest BCUT2D eigenvalue weighted by molar-refractivity contribution is -0.140. The van der Waals surface area contributed by atoms with Crippen LogP contribution in [0.25, 0.3) is 0 Å². The van der Waals surface area contributed by atoms with Crippen LogP contribution in [0.2, 0.25) is 5.02 Å². The fourth-order valence-electron chi connectivity index (χ4n) is 4.36. The summed E-state index contributed by atoms with van der Waals surface area (Å²) in [4.78, 5) is 26.0. The van der Waals surface area contributed by atoms with E-state index in [0.29, 0.717) is 23.6 Å². The van der Waals surface area contributed by atoms with Crippen molar-refractivity contribution in [1.82, 2.24) is 0 Å². The van der Waals surface area contributed by atoms with Gasteiger partial charge in [-0.2, -0.15) is 0 Å². The summed E-state index contributed by atoms with van der Waals surface area (Å²) >= 11 is 6.12. The summed E-state index contributed by atoms with van der Waals surface area (Å²) in [6.07, 6.45) is 1.08. The molecule has 6 heteroatoms. The van der Waals surface area contributed by atoms with E-state index in [9.17, 15) is 14.8 Å². The highest BCUT2D eigenvalue weighted by Crippen LogP contribution is 2.69. The van der Waals surface area contributed by atoms with Crippen molar-refractivity contribution >= 4 is 34.7 Å². The fraction of sp³-hybridized carbons (Fsp3) is 0.500. The van der Waals surface area contributed by atoms with Crippen LogP contribution in [-0.2, 0) is 9.59 Å². The number of amides is 1. The zero-order valence-electron chi connectivity index (χ0n) is 14.2. The number of hydrogen-bond donors (Lipinski definition) is 2. The number of anilines is 1. The lowest BCUT2D eigenvalue weighted by Gasteiger charge is -2.37. The average molecular weight is 349 g/mol. The van der Waals surface area contributed by atoms with E-state index >= 15 is 0 Å². The Morgan fingerprint density at radius 1 is 1.29 bits per heavy atom. The van der Waals surface area contributed by atoms with Gasteiger partial charge >= 0.3 is 0 Å². The van der Waals surface area contributed by atoms with Gasteiger partial charge in [-0.25, -0.2) is 0 Å². The molecule has 2 bridgehead atoms. The third-order valence-electron chi connectivity index (χ3n) is 6.49. The van der Waals surface area contributed by atoms with Gasteiger partial charge in [-0.05, 0) is 42.9 Å². The zero-order valence-corrected chi connectivity index (χ0v) is 15.0. The van der Waals surface area contributed by atoms with Crippen molar-refractivity contribution in [3.8, 4) is 0 Å². The van der Waals surface area contributed by atoms with Crippen LogP contribution in [0.5, 0.6) is 0 Å². The van der Waals surface area contributed by atoms with Crippen molar-refractivity contribution in [3.63, 3.8) is 0 Å². The third kappa shape index (κ3) is 1.79. The quantitative estimate of drug-likeness (QED) is 0.484. The van der Waals surface area contributed by atoms with E-state index in [1.165, 1.54) is 0 Å². The minimum absolute atomic E-state index is 0.107. The molecule has 2 atom stereocenters. The molecule has 2 aliphatic rings. The summed E-state index contributed by atoms with van der Waals surface area (Å²) in [5.41, 5.74) is -0.903. The van der Waals surface area contributed by atoms with E-state index in [4.69, 9.17) is 11.6 Å². The van der Waals surface area contributed by atoms with Gasteiger partial charge in [-0.3, -0.25) is 9.59 Å². The molecule has 2 aliphatic carbocycles. The topological polar surface area (TPSA) is 78.8 Å². The fourth-order valence-corrected chi connectivity index (χ4v) is 4.54. The van der Waals surface area contributed by atoms with Crippen molar-refractivity contribution in [2.75, 3.05) is 5.32 Å². The second kappa shape index (κ2) is 5.06. The molecule has 2 fully saturated rings. The zero-order chi connectivity index (χ0) is 17.9. The van der Waals surface area contributed by atoms with Crippen molar-refractivity contribution in [2.45, 2.75) is 40.5 Å². The molecule has 1 aromatic carbocycles. The molecule has 128 valence electrons. The Morgan fingerprint density at radius 3 is 2.50 bits per heavy atom. The number of Topliss-reactive ketones (excluding diaryl/α,β-unsaturated/α-hetero) is 1. The Morgan fingerprint density at radius 2 is 1.96 bits per heavy atom. The maximum Gasteiger partial charge on any atom is 0.239 e. The van der Waals surface area contributed by atoms with E-state index in [2.05, 4.69) is 10.5 Å². The second-order valence-corrected chi connectivity index (χ2v) is 7.97. The molecule has 0 aromatic heterocycles. The molecule has 24 heavy (non-hydrogen) atoms. The normalized spacial score (nSPS) is 32.4. The van der Waals surface area contributed by atoms with Crippen molar-refractivity contribution in [3.05, 3.63) is 28.8 Å². The van der Waals surface area contributed by atoms with Crippen molar-refractivity contribution in [2.24, 2.45) is 21.4 Å². The minimum Gasteiger partial charge on any atom is -0.411 e. The van der Waals surface area contributed by atoms with E-state index < -0.39 is 16.2 Å². The van der Waals surface area contributed by atoms with Crippen LogP contribution in [0.1, 0.15) is 39.2 Å². The largest absolute Gasteiger partial charge is 0.411 e. The average Bonchev–Trinajstić information content (AvgIpc) is 2.79. The van der Waals surface area contributed by atoms with Gasteiger partial charge < -0.3 is 10.5 Å². The van der Waals surface area contributed by atoms with Gasteiger partial charge in [0.05, 0.1) is 0 Å². The molecule has 0 spiro atoms. The highest BCUT2D eigenvalue weighted by molar-refractivity contribution is 6.51. The van der Waals surface area contributed by atoms with Gasteiger partial charge in [0, 0.05) is 16.1 Å². The molecule has 5 nitrogen and oxygen atoms in total. The molecular formula is C18H21ClN2O3. The third-order valence-corrected chi connectivity index (χ3v) is 6.90. The Kier molecular flexibility index (Phi) is 3.57. The molecule has 0 aliphatic heterocycles. The molecular weight excluding hydrogens is 328 g/mol. The molecule has 2 unspecified atom stereocenters. The first-order valence-electron chi connectivity index (χ1n) is 7.97. The number of hydrogen-bond acceptors (Lipinski definition) is 4. The van der Waals surface area contributed by atoms with Crippen LogP contribution in [0.4, 0.5) is 5.69 Å². The lowest BCUT2D eigenvalue weighted by atomic mass is 9.64. The number of nitrogens with one attached hydrogen (secondary N) is 1. The Balaban J connectivity index is 2.02. The minimum atomic E-state index is -1.22. The van der Waals surface area contributed by atoms with Crippen LogP contribution < -0.4 is 5.32 Å². The Bertz CT molecular complexity index is 786. The van der Waals surface area contributed by atoms with Gasteiger partial charge in [0.1, 0.15) is 11.1 Å². The Labute approximate surface area is 146 Å². The van der Waals surface area contributed by atoms with Gasteiger partial charge in [0.2, 0.25) is 5.91 Å². The SMILES string of the molecule is Cc1ccc(NC(=O)C23CCC(C)(/C(=N/O)C2=O)C3(C)C)cc1Cl. The van der Waals surface area contributed by atoms with Crippen LogP contribution in [-0.4, -0.2) is 22.6 Å². The first-order chi connectivity index (χ1) is 11.1. The van der Waals surface area contributed by atoms with Gasteiger partial charge in [-0.1, -0.05) is 43.6 Å². The van der Waals surface area contributed by atoms with Crippen LogP contribution in [0.3, 0.4) is 0 Å². The summed E-state index contributed by atoms with van der Waals surface area (Å²) in [6, 6.07) is 5.25. The summed E-state index contributed by atoms with van der Waals surface area (Å²) in [6.45, 7) is 7.57. The van der Waals surface area contributed by atoms with E-state index in [-0.39, 0.29) is 17.4 Å². The summed E-state index contributed by atoms with van der Waals surface area (Å²) in [5.74, 6) is -0.737. The van der Waals surface area contributed by atoms with Crippen LogP contribution in [0.15, 0.2) is 23.4 Å². The molecule has 2 N–H and O–H groups in total. The first-order valence-corrected chi connectivity index (χ1v) is 8.34. The molecule has 0 heterocycles. The summed E-state index contributed by atoms with van der Waals surface area (Å²) in [7, 11) is 0. The molecule has 0 saturated heterocycles. The maximum absolute atomic E-state index is 13.1. The number of halogens is 1. The number of carbonyl (C=O) groups is 2. The van der Waals surface area contributed by atoms with Crippen molar-refractivity contribution < 1.29 is 14.8 Å². The molecule has 0 radical (unpaired) electrons. The summed E-state index contributed by atoms with van der Waals surface area (Å²) in [5, 5.41) is 16.0. The number of nitrogens with zero attached hydrogens (tertiary/aromatic N) is 1. The van der Waals surface area contributed by atoms with Crippen LogP contribution >= 0.6 is 11.6 Å². The number of aryl methyl sites for hydroxylation is 1. The van der Waals surface area contributed by atoms with Gasteiger partial charge in [0.25, 0.3) is 0 Å². The predicted molar refractivity (Wildman–Crippen MR) is 92.6 cm³/mol. The number of carbonyl (C=O) groups excluding carboxylic acids is 2. The summed E-state index contributed by atoms with van der Waals surface area (Å²) < 4.78 is 0. The van der Waals surface area contributed by atoms with E-state index in [0.717, 1.165) is 5.56 Å². The maximum atomic E-state index is 13.1. The number of benzene rings is 1.